The lowest BCUT2D eigenvalue weighted by Crippen LogP contribution is -2.18. The summed E-state index contributed by atoms with van der Waals surface area (Å²) in [6.07, 6.45) is 3.47. The van der Waals surface area contributed by atoms with Gasteiger partial charge in [-0.25, -0.2) is 0 Å². The predicted octanol–water partition coefficient (Wildman–Crippen LogP) is 2.87. The summed E-state index contributed by atoms with van der Waals surface area (Å²) in [6.45, 7) is 0. The number of amides is 1. The van der Waals surface area contributed by atoms with Crippen LogP contribution in [0.25, 0.3) is 0 Å². The molecule has 18 heavy (non-hydrogen) atoms. The Kier molecular flexibility index (Phi) is 2.90. The number of carbonyl (C=O) groups is 1. The molecule has 90 valence electrons. The van der Waals surface area contributed by atoms with E-state index in [4.69, 9.17) is 0 Å². The van der Waals surface area contributed by atoms with Gasteiger partial charge in [0.1, 0.15) is 0 Å². The maximum atomic E-state index is 11.3. The highest BCUT2D eigenvalue weighted by Gasteiger charge is 2.15. The van der Waals surface area contributed by atoms with E-state index >= 15 is 0 Å². The van der Waals surface area contributed by atoms with E-state index in [1.165, 1.54) is 0 Å². The number of anilines is 3. The first-order valence-corrected chi connectivity index (χ1v) is 6.53. The van der Waals surface area contributed by atoms with Crippen molar-refractivity contribution < 1.29 is 4.79 Å². The average Bonchev–Trinajstić information content (AvgIpc) is 2.39. The summed E-state index contributed by atoms with van der Waals surface area (Å²) in [5.74, 6) is 0.540. The second kappa shape index (κ2) is 4.70. The number of hydrogen-bond acceptors (Lipinski definition) is 4. The van der Waals surface area contributed by atoms with Crippen molar-refractivity contribution in [2.45, 2.75) is 4.90 Å². The molecule has 1 aliphatic rings. The van der Waals surface area contributed by atoms with Gasteiger partial charge in [0.15, 0.2) is 0 Å². The van der Waals surface area contributed by atoms with Gasteiger partial charge in [0.25, 0.3) is 0 Å². The van der Waals surface area contributed by atoms with Crippen LogP contribution in [0.5, 0.6) is 0 Å². The number of pyridine rings is 1. The normalized spacial score (nSPS) is 13.7. The number of carbonyl (C=O) groups excluding carboxylic acids is 1. The molecule has 2 N–H and O–H groups in total. The Hall–Kier alpha value is -2.01. The van der Waals surface area contributed by atoms with Gasteiger partial charge in [0.05, 0.1) is 11.4 Å². The fourth-order valence-electron chi connectivity index (χ4n) is 1.76. The molecule has 4 nitrogen and oxygen atoms in total. The minimum atomic E-state index is 0.0496. The van der Waals surface area contributed by atoms with Gasteiger partial charge in [-0.1, -0.05) is 0 Å². The number of fused-ring (bicyclic) bond motifs is 1. The average molecular weight is 257 g/mol. The zero-order valence-corrected chi connectivity index (χ0v) is 10.3. The number of benzene rings is 1. The third-order valence-electron chi connectivity index (χ3n) is 2.58. The van der Waals surface area contributed by atoms with Crippen LogP contribution >= 0.6 is 11.8 Å². The summed E-state index contributed by atoms with van der Waals surface area (Å²) in [4.78, 5) is 16.4. The van der Waals surface area contributed by atoms with Crippen molar-refractivity contribution in [3.05, 3.63) is 42.7 Å². The van der Waals surface area contributed by atoms with Crippen LogP contribution in [-0.4, -0.2) is 16.6 Å². The molecule has 0 atom stereocenters. The van der Waals surface area contributed by atoms with Crippen molar-refractivity contribution in [3.8, 4) is 0 Å². The van der Waals surface area contributed by atoms with Crippen LogP contribution in [0, 0.1) is 0 Å². The number of rotatable bonds is 2. The van der Waals surface area contributed by atoms with Crippen LogP contribution in [0.4, 0.5) is 17.1 Å². The highest BCUT2D eigenvalue weighted by atomic mass is 32.2. The van der Waals surface area contributed by atoms with Crippen LogP contribution in [0.2, 0.25) is 0 Å². The zero-order valence-electron chi connectivity index (χ0n) is 9.51. The van der Waals surface area contributed by atoms with E-state index in [2.05, 4.69) is 15.6 Å². The minimum absolute atomic E-state index is 0.0496. The summed E-state index contributed by atoms with van der Waals surface area (Å²) in [5.41, 5.74) is 2.79. The standard InChI is InChI=1S/C13H11N3OS/c17-13-8-18-12-2-1-10(7-11(12)16-13)15-9-3-5-14-6-4-9/h1-7H,8H2,(H,14,15)(H,16,17). The van der Waals surface area contributed by atoms with Gasteiger partial charge in [-0.15, -0.1) is 11.8 Å². The minimum Gasteiger partial charge on any atom is -0.355 e. The Bertz CT molecular complexity index is 586. The summed E-state index contributed by atoms with van der Waals surface area (Å²) in [6, 6.07) is 9.76. The lowest BCUT2D eigenvalue weighted by Gasteiger charge is -2.17. The van der Waals surface area contributed by atoms with E-state index < -0.39 is 0 Å². The molecule has 2 heterocycles. The van der Waals surface area contributed by atoms with E-state index in [1.807, 2.05) is 30.3 Å². The smallest absolute Gasteiger partial charge is 0.234 e. The first-order valence-electron chi connectivity index (χ1n) is 5.55. The van der Waals surface area contributed by atoms with E-state index in [0.29, 0.717) is 5.75 Å². The summed E-state index contributed by atoms with van der Waals surface area (Å²) >= 11 is 1.56. The fourth-order valence-corrected chi connectivity index (χ4v) is 2.55. The van der Waals surface area contributed by atoms with E-state index in [-0.39, 0.29) is 5.91 Å². The monoisotopic (exact) mass is 257 g/mol. The van der Waals surface area contributed by atoms with Gasteiger partial charge in [-0.3, -0.25) is 9.78 Å². The van der Waals surface area contributed by atoms with Crippen LogP contribution < -0.4 is 10.6 Å². The Morgan fingerprint density at radius 2 is 2.00 bits per heavy atom. The van der Waals surface area contributed by atoms with Crippen LogP contribution in [0.1, 0.15) is 0 Å². The Morgan fingerprint density at radius 1 is 1.17 bits per heavy atom. The van der Waals surface area contributed by atoms with Gasteiger partial charge in [0, 0.05) is 28.7 Å². The summed E-state index contributed by atoms with van der Waals surface area (Å²) in [7, 11) is 0. The van der Waals surface area contributed by atoms with Crippen molar-refractivity contribution in [1.82, 2.24) is 4.98 Å². The highest BCUT2D eigenvalue weighted by molar-refractivity contribution is 8.00. The first-order chi connectivity index (χ1) is 8.81. The Morgan fingerprint density at radius 3 is 2.83 bits per heavy atom. The second-order valence-electron chi connectivity index (χ2n) is 3.91. The van der Waals surface area contributed by atoms with Crippen LogP contribution in [0.15, 0.2) is 47.6 Å². The molecule has 5 heteroatoms. The molecular formula is C13H11N3OS. The topological polar surface area (TPSA) is 54.0 Å². The zero-order chi connectivity index (χ0) is 12.4. The molecular weight excluding hydrogens is 246 g/mol. The first kappa shape index (κ1) is 11.1. The molecule has 0 saturated heterocycles. The highest BCUT2D eigenvalue weighted by Crippen LogP contribution is 2.34. The van der Waals surface area contributed by atoms with Gasteiger partial charge >= 0.3 is 0 Å². The number of hydrogen-bond donors (Lipinski definition) is 2. The molecule has 1 amide bonds. The summed E-state index contributed by atoms with van der Waals surface area (Å²) < 4.78 is 0. The summed E-state index contributed by atoms with van der Waals surface area (Å²) in [5, 5.41) is 6.14. The van der Waals surface area contributed by atoms with Crippen molar-refractivity contribution in [2.24, 2.45) is 0 Å². The van der Waals surface area contributed by atoms with Crippen molar-refractivity contribution in [3.63, 3.8) is 0 Å². The molecule has 0 saturated carbocycles. The molecule has 0 radical (unpaired) electrons. The fraction of sp³-hybridized carbons (Fsp3) is 0.0769. The Labute approximate surface area is 109 Å². The molecule has 0 fully saturated rings. The lowest BCUT2D eigenvalue weighted by molar-refractivity contribution is -0.113. The third-order valence-corrected chi connectivity index (χ3v) is 3.65. The van der Waals surface area contributed by atoms with Crippen molar-refractivity contribution in [2.75, 3.05) is 16.4 Å². The third kappa shape index (κ3) is 2.31. The van der Waals surface area contributed by atoms with Crippen LogP contribution in [-0.2, 0) is 4.79 Å². The molecule has 2 aromatic rings. The predicted molar refractivity (Wildman–Crippen MR) is 73.3 cm³/mol. The van der Waals surface area contributed by atoms with Crippen molar-refractivity contribution >= 4 is 34.7 Å². The van der Waals surface area contributed by atoms with E-state index in [1.54, 1.807) is 24.2 Å². The molecule has 1 aliphatic heterocycles. The van der Waals surface area contributed by atoms with Crippen molar-refractivity contribution in [1.29, 1.82) is 0 Å². The van der Waals surface area contributed by atoms with Gasteiger partial charge in [-0.2, -0.15) is 0 Å². The Balaban J connectivity index is 1.86. The number of nitrogens with zero attached hydrogens (tertiary/aromatic N) is 1. The van der Waals surface area contributed by atoms with Crippen LogP contribution in [0.3, 0.4) is 0 Å². The molecule has 0 aliphatic carbocycles. The number of thioether (sulfide) groups is 1. The number of nitrogens with one attached hydrogen (secondary N) is 2. The molecule has 0 spiro atoms. The van der Waals surface area contributed by atoms with E-state index in [0.717, 1.165) is 22.0 Å². The molecule has 1 aromatic heterocycles. The molecule has 0 unspecified atom stereocenters. The lowest BCUT2D eigenvalue weighted by atomic mass is 10.2. The SMILES string of the molecule is O=C1CSc2ccc(Nc3ccncc3)cc2N1. The quantitative estimate of drug-likeness (QED) is 0.868. The van der Waals surface area contributed by atoms with Gasteiger partial charge in [-0.05, 0) is 30.3 Å². The van der Waals surface area contributed by atoms with Gasteiger partial charge in [0.2, 0.25) is 5.91 Å². The molecule has 3 rings (SSSR count). The van der Waals surface area contributed by atoms with Gasteiger partial charge < -0.3 is 10.6 Å². The number of aromatic nitrogens is 1. The van der Waals surface area contributed by atoms with E-state index in [9.17, 15) is 4.79 Å². The largest absolute Gasteiger partial charge is 0.355 e. The molecule has 1 aromatic carbocycles. The second-order valence-corrected chi connectivity index (χ2v) is 4.93. The maximum absolute atomic E-state index is 11.3. The maximum Gasteiger partial charge on any atom is 0.234 e. The molecule has 0 bridgehead atoms.